The Labute approximate surface area is 228 Å². The van der Waals surface area contributed by atoms with Crippen LogP contribution < -0.4 is 10.4 Å². The van der Waals surface area contributed by atoms with Crippen molar-refractivity contribution in [3.05, 3.63) is 91.0 Å². The minimum Gasteiger partial charge on any atom is -0.493 e. The zero-order chi connectivity index (χ0) is 25.9. The fourth-order valence-electron chi connectivity index (χ4n) is 4.01. The van der Waals surface area contributed by atoms with Gasteiger partial charge in [-0.1, -0.05) is 33.6 Å². The molecule has 2 aromatic carbocycles. The molecule has 0 aliphatic rings. The highest BCUT2D eigenvalue weighted by Gasteiger charge is 2.27. The van der Waals surface area contributed by atoms with Crippen LogP contribution in [-0.4, -0.2) is 47.9 Å². The fraction of sp³-hybridized carbons (Fsp3) is 0.160. The van der Waals surface area contributed by atoms with Crippen LogP contribution in [0.5, 0.6) is 11.6 Å². The van der Waals surface area contributed by atoms with Gasteiger partial charge in [0, 0.05) is 27.4 Å². The average molecular weight is 603 g/mol. The summed E-state index contributed by atoms with van der Waals surface area (Å²) in [6, 6.07) is 11.7. The highest BCUT2D eigenvalue weighted by atomic mass is 79.9. The van der Waals surface area contributed by atoms with Gasteiger partial charge in [-0.3, -0.25) is 4.57 Å². The first kappa shape index (κ1) is 25.3. The zero-order valence-corrected chi connectivity index (χ0v) is 22.3. The van der Waals surface area contributed by atoms with Crippen LogP contribution in [0.1, 0.15) is 17.6 Å². The fourth-order valence-corrected chi connectivity index (χ4v) is 5.36. The SMILES string of the molecule is O=c1[nH]c(-c2ccc(OCCO)cc2)c(O)n1[C@H](Cc1cscn1)c1ncc(-c2ccc(Br)cc2Cl)[nH]1. The first-order valence-corrected chi connectivity index (χ1v) is 13.3. The van der Waals surface area contributed by atoms with E-state index in [0.717, 1.165) is 15.7 Å². The van der Waals surface area contributed by atoms with Crippen LogP contribution in [0.15, 0.2) is 68.8 Å². The first-order valence-electron chi connectivity index (χ1n) is 11.2. The molecule has 0 aliphatic carbocycles. The zero-order valence-electron chi connectivity index (χ0n) is 19.2. The Hall–Kier alpha value is -3.38. The molecule has 1 atom stereocenters. The van der Waals surface area contributed by atoms with E-state index in [4.69, 9.17) is 21.4 Å². The van der Waals surface area contributed by atoms with E-state index in [9.17, 15) is 9.90 Å². The van der Waals surface area contributed by atoms with Gasteiger partial charge in [0.15, 0.2) is 0 Å². The molecule has 5 rings (SSSR count). The third-order valence-corrected chi connectivity index (χ3v) is 7.18. The molecule has 0 radical (unpaired) electrons. The molecular formula is C25H21BrClN5O4S. The molecule has 12 heteroatoms. The van der Waals surface area contributed by atoms with Gasteiger partial charge >= 0.3 is 5.69 Å². The van der Waals surface area contributed by atoms with Gasteiger partial charge in [0.05, 0.1) is 34.7 Å². The van der Waals surface area contributed by atoms with Gasteiger partial charge in [0.25, 0.3) is 0 Å². The van der Waals surface area contributed by atoms with Crippen LogP contribution in [0.3, 0.4) is 0 Å². The summed E-state index contributed by atoms with van der Waals surface area (Å²) in [4.78, 5) is 28.1. The summed E-state index contributed by atoms with van der Waals surface area (Å²) in [7, 11) is 0. The van der Waals surface area contributed by atoms with E-state index in [1.54, 1.807) is 42.0 Å². The predicted octanol–water partition coefficient (Wildman–Crippen LogP) is 5.01. The van der Waals surface area contributed by atoms with Crippen LogP contribution in [0.2, 0.25) is 5.02 Å². The molecule has 0 saturated heterocycles. The van der Waals surface area contributed by atoms with Gasteiger partial charge in [0.1, 0.15) is 29.9 Å². The summed E-state index contributed by atoms with van der Waals surface area (Å²) in [5.74, 6) is 0.807. The van der Waals surface area contributed by atoms with Gasteiger partial charge in [-0.05, 0) is 36.4 Å². The van der Waals surface area contributed by atoms with E-state index >= 15 is 0 Å². The normalized spacial score (nSPS) is 12.1. The number of thiazole rings is 1. The second-order valence-electron chi connectivity index (χ2n) is 8.10. The summed E-state index contributed by atoms with van der Waals surface area (Å²) in [5, 5.41) is 22.6. The molecule has 190 valence electrons. The molecule has 0 aliphatic heterocycles. The highest BCUT2D eigenvalue weighted by molar-refractivity contribution is 9.10. The summed E-state index contributed by atoms with van der Waals surface area (Å²) >= 11 is 11.3. The van der Waals surface area contributed by atoms with E-state index in [1.165, 1.54) is 15.9 Å². The van der Waals surface area contributed by atoms with Crippen LogP contribution in [0, 0.1) is 0 Å². The van der Waals surface area contributed by atoms with E-state index in [1.807, 2.05) is 17.5 Å². The molecule has 0 fully saturated rings. The Morgan fingerprint density at radius 3 is 2.68 bits per heavy atom. The molecule has 3 heterocycles. The van der Waals surface area contributed by atoms with Crippen molar-refractivity contribution in [2.75, 3.05) is 13.2 Å². The molecule has 3 aromatic heterocycles. The number of hydrogen-bond acceptors (Lipinski definition) is 7. The van der Waals surface area contributed by atoms with Gasteiger partial charge in [0.2, 0.25) is 5.88 Å². The number of aliphatic hydroxyl groups excluding tert-OH is 1. The quantitative estimate of drug-likeness (QED) is 0.188. The number of nitrogens with zero attached hydrogens (tertiary/aromatic N) is 3. The van der Waals surface area contributed by atoms with Gasteiger partial charge < -0.3 is 24.9 Å². The number of H-pyrrole nitrogens is 2. The Kier molecular flexibility index (Phi) is 7.47. The van der Waals surface area contributed by atoms with E-state index < -0.39 is 11.7 Å². The molecule has 0 bridgehead atoms. The van der Waals surface area contributed by atoms with Crippen molar-refractivity contribution < 1.29 is 14.9 Å². The Morgan fingerprint density at radius 1 is 1.16 bits per heavy atom. The van der Waals surface area contributed by atoms with Crippen LogP contribution in [0.25, 0.3) is 22.5 Å². The number of aromatic hydroxyl groups is 1. The number of benzene rings is 2. The third-order valence-electron chi connectivity index (χ3n) is 5.74. The predicted molar refractivity (Wildman–Crippen MR) is 145 cm³/mol. The van der Waals surface area contributed by atoms with Crippen molar-refractivity contribution in [2.45, 2.75) is 12.5 Å². The van der Waals surface area contributed by atoms with Crippen molar-refractivity contribution in [1.29, 1.82) is 0 Å². The monoisotopic (exact) mass is 601 g/mol. The first-order chi connectivity index (χ1) is 17.9. The van der Waals surface area contributed by atoms with Crippen LogP contribution >= 0.6 is 38.9 Å². The number of aliphatic hydroxyl groups is 1. The molecule has 9 nitrogen and oxygen atoms in total. The number of nitrogens with one attached hydrogen (secondary N) is 2. The number of imidazole rings is 2. The number of aromatic nitrogens is 5. The van der Waals surface area contributed by atoms with Crippen molar-refractivity contribution in [3.63, 3.8) is 0 Å². The van der Waals surface area contributed by atoms with E-state index in [2.05, 4.69) is 35.9 Å². The maximum Gasteiger partial charge on any atom is 0.329 e. The summed E-state index contributed by atoms with van der Waals surface area (Å²) < 4.78 is 7.52. The van der Waals surface area contributed by atoms with E-state index in [0.29, 0.717) is 34.3 Å². The number of halogens is 2. The largest absolute Gasteiger partial charge is 0.493 e. The van der Waals surface area contributed by atoms with Gasteiger partial charge in [-0.25, -0.2) is 14.8 Å². The highest BCUT2D eigenvalue weighted by Crippen LogP contribution is 2.34. The molecule has 0 saturated carbocycles. The number of aromatic amines is 2. The lowest BCUT2D eigenvalue weighted by Crippen LogP contribution is -2.25. The summed E-state index contributed by atoms with van der Waals surface area (Å²) in [5.41, 5.74) is 4.28. The molecule has 0 unspecified atom stereocenters. The Balaban J connectivity index is 1.54. The van der Waals surface area contributed by atoms with Crippen molar-refractivity contribution in [3.8, 4) is 34.1 Å². The number of ether oxygens (including phenoxy) is 1. The maximum atomic E-state index is 13.2. The van der Waals surface area contributed by atoms with Crippen LogP contribution in [0.4, 0.5) is 0 Å². The van der Waals surface area contributed by atoms with Crippen molar-refractivity contribution >= 4 is 38.9 Å². The second kappa shape index (κ2) is 10.9. The molecule has 0 spiro atoms. The number of rotatable bonds is 9. The Bertz CT molecular complexity index is 1560. The molecule has 37 heavy (non-hydrogen) atoms. The lowest BCUT2D eigenvalue weighted by atomic mass is 10.1. The minimum absolute atomic E-state index is 0.0956. The maximum absolute atomic E-state index is 13.2. The van der Waals surface area contributed by atoms with Crippen LogP contribution in [-0.2, 0) is 6.42 Å². The molecule has 5 aromatic rings. The Morgan fingerprint density at radius 2 is 1.97 bits per heavy atom. The second-order valence-corrected chi connectivity index (χ2v) is 10.1. The minimum atomic E-state index is -0.672. The molecule has 0 amide bonds. The molecular weight excluding hydrogens is 582 g/mol. The summed E-state index contributed by atoms with van der Waals surface area (Å²) in [6.07, 6.45) is 1.97. The standard InChI is InChI=1S/C25H21BrClN5O4S/c26-15-3-6-18(19(27)9-15)20-11-28-23(30-20)21(10-16-12-37-13-29-16)32-24(34)22(31-25(32)35)14-1-4-17(5-2-14)36-8-7-33/h1-6,9,11-13,21,33-34H,7-8,10H2,(H,28,30)(H,31,35)/t21-/m1/s1. The summed E-state index contributed by atoms with van der Waals surface area (Å²) in [6.45, 7) is 0.0777. The topological polar surface area (TPSA) is 129 Å². The number of hydrogen-bond donors (Lipinski definition) is 4. The molecule has 4 N–H and O–H groups in total. The van der Waals surface area contributed by atoms with Gasteiger partial charge in [-0.15, -0.1) is 11.3 Å². The van der Waals surface area contributed by atoms with E-state index in [-0.39, 0.29) is 24.8 Å². The lowest BCUT2D eigenvalue weighted by molar-refractivity contribution is 0.201. The van der Waals surface area contributed by atoms with Crippen molar-refractivity contribution in [1.82, 2.24) is 24.5 Å². The smallest absolute Gasteiger partial charge is 0.329 e. The van der Waals surface area contributed by atoms with Crippen molar-refractivity contribution in [2.24, 2.45) is 0 Å². The van der Waals surface area contributed by atoms with Gasteiger partial charge in [-0.2, -0.15) is 0 Å². The average Bonchev–Trinajstić information content (AvgIpc) is 3.63. The lowest BCUT2D eigenvalue weighted by Gasteiger charge is -2.16. The third kappa shape index (κ3) is 5.35.